The van der Waals surface area contributed by atoms with Crippen LogP contribution in [0, 0.1) is 10.1 Å². The summed E-state index contributed by atoms with van der Waals surface area (Å²) in [5.41, 5.74) is 0.396. The maximum Gasteiger partial charge on any atom is 0.293 e. The second-order valence-electron chi connectivity index (χ2n) is 3.97. The zero-order valence-electron chi connectivity index (χ0n) is 11.6. The molecule has 0 fully saturated rings. The Morgan fingerprint density at radius 2 is 2.00 bits per heavy atom. The molecule has 0 bridgehead atoms. The van der Waals surface area contributed by atoms with Gasteiger partial charge in [-0.05, 0) is 26.0 Å². The van der Waals surface area contributed by atoms with Gasteiger partial charge >= 0.3 is 0 Å². The molecule has 1 aromatic rings. The third kappa shape index (κ3) is 5.32. The van der Waals surface area contributed by atoms with E-state index in [-0.39, 0.29) is 12.0 Å². The minimum Gasteiger partial charge on any atom is -0.379 e. The van der Waals surface area contributed by atoms with Gasteiger partial charge in [-0.25, -0.2) is 0 Å². The molecule has 0 aliphatic carbocycles. The molecule has 0 aliphatic rings. The van der Waals surface area contributed by atoms with Gasteiger partial charge < -0.3 is 14.8 Å². The first kappa shape index (κ1) is 16.7. The van der Waals surface area contributed by atoms with E-state index in [0.29, 0.717) is 36.9 Å². The Hall–Kier alpha value is -1.37. The predicted octanol–water partition coefficient (Wildman–Crippen LogP) is 3.45. The second kappa shape index (κ2) is 8.73. The number of nitro groups is 1. The fraction of sp³-hybridized carbons (Fsp3) is 0.538. The maximum atomic E-state index is 10.9. The van der Waals surface area contributed by atoms with Crippen LogP contribution >= 0.6 is 11.6 Å². The van der Waals surface area contributed by atoms with E-state index < -0.39 is 4.92 Å². The highest BCUT2D eigenvalue weighted by atomic mass is 35.5. The van der Waals surface area contributed by atoms with E-state index in [1.165, 1.54) is 6.07 Å². The molecule has 112 valence electrons. The Morgan fingerprint density at radius 3 is 2.55 bits per heavy atom. The van der Waals surface area contributed by atoms with Crippen LogP contribution in [0.4, 0.5) is 11.4 Å². The molecule has 0 saturated heterocycles. The van der Waals surface area contributed by atoms with Gasteiger partial charge in [0.05, 0.1) is 4.92 Å². The monoisotopic (exact) mass is 302 g/mol. The lowest BCUT2D eigenvalue weighted by atomic mass is 10.2. The molecule has 6 nitrogen and oxygen atoms in total. The van der Waals surface area contributed by atoms with Crippen LogP contribution in [0.2, 0.25) is 5.02 Å². The van der Waals surface area contributed by atoms with Crippen molar-refractivity contribution in [2.75, 3.05) is 25.1 Å². The third-order valence-corrected chi connectivity index (χ3v) is 2.79. The summed E-state index contributed by atoms with van der Waals surface area (Å²) in [6.45, 7) is 5.41. The first-order valence-corrected chi connectivity index (χ1v) is 6.87. The van der Waals surface area contributed by atoms with Crippen LogP contribution in [-0.2, 0) is 9.47 Å². The van der Waals surface area contributed by atoms with Gasteiger partial charge in [0.2, 0.25) is 0 Å². The van der Waals surface area contributed by atoms with Gasteiger partial charge in [0, 0.05) is 37.3 Å². The van der Waals surface area contributed by atoms with Gasteiger partial charge in [0.25, 0.3) is 5.69 Å². The van der Waals surface area contributed by atoms with E-state index in [4.69, 9.17) is 21.1 Å². The van der Waals surface area contributed by atoms with Gasteiger partial charge in [-0.3, -0.25) is 10.1 Å². The minimum atomic E-state index is -0.462. The van der Waals surface area contributed by atoms with Crippen LogP contribution in [-0.4, -0.2) is 31.0 Å². The predicted molar refractivity (Wildman–Crippen MR) is 78.3 cm³/mol. The first-order valence-electron chi connectivity index (χ1n) is 6.49. The van der Waals surface area contributed by atoms with Gasteiger partial charge in [-0.2, -0.15) is 0 Å². The Labute approximate surface area is 123 Å². The molecule has 0 heterocycles. The summed E-state index contributed by atoms with van der Waals surface area (Å²) in [5, 5.41) is 14.3. The second-order valence-corrected chi connectivity index (χ2v) is 4.41. The smallest absolute Gasteiger partial charge is 0.293 e. The lowest BCUT2D eigenvalue weighted by Crippen LogP contribution is -2.21. The fourth-order valence-electron chi connectivity index (χ4n) is 1.72. The minimum absolute atomic E-state index is 0.0399. The molecule has 0 radical (unpaired) electrons. The van der Waals surface area contributed by atoms with Crippen molar-refractivity contribution in [1.82, 2.24) is 0 Å². The molecule has 0 atom stereocenters. The van der Waals surface area contributed by atoms with Crippen LogP contribution in [0.25, 0.3) is 0 Å². The number of hydrogen-bond donors (Lipinski definition) is 1. The highest BCUT2D eigenvalue weighted by Crippen LogP contribution is 2.27. The molecule has 0 unspecified atom stereocenters. The summed E-state index contributed by atoms with van der Waals surface area (Å²) in [5.74, 6) is 0. The van der Waals surface area contributed by atoms with E-state index in [1.54, 1.807) is 12.1 Å². The third-order valence-electron chi connectivity index (χ3n) is 2.56. The van der Waals surface area contributed by atoms with Crippen molar-refractivity contribution >= 4 is 23.0 Å². The number of ether oxygens (including phenoxy) is 2. The highest BCUT2D eigenvalue weighted by molar-refractivity contribution is 6.30. The quantitative estimate of drug-likeness (QED) is 0.429. The summed E-state index contributed by atoms with van der Waals surface area (Å²) in [6.07, 6.45) is 0.297. The zero-order chi connectivity index (χ0) is 15.0. The Balaban J connectivity index is 2.58. The van der Waals surface area contributed by atoms with E-state index in [1.807, 2.05) is 13.8 Å². The molecule has 0 aromatic heterocycles. The average molecular weight is 303 g/mol. The van der Waals surface area contributed by atoms with Crippen LogP contribution in [0.3, 0.4) is 0 Å². The van der Waals surface area contributed by atoms with E-state index in [9.17, 15) is 10.1 Å². The maximum absolute atomic E-state index is 10.9. The van der Waals surface area contributed by atoms with Crippen LogP contribution < -0.4 is 5.32 Å². The number of hydrogen-bond acceptors (Lipinski definition) is 5. The lowest BCUT2D eigenvalue weighted by Gasteiger charge is -2.17. The van der Waals surface area contributed by atoms with Gasteiger partial charge in [0.15, 0.2) is 6.29 Å². The summed E-state index contributed by atoms with van der Waals surface area (Å²) in [4.78, 5) is 10.5. The lowest BCUT2D eigenvalue weighted by molar-refractivity contribution is -0.383. The molecule has 7 heteroatoms. The zero-order valence-corrected chi connectivity index (χ0v) is 12.4. The summed E-state index contributed by atoms with van der Waals surface area (Å²) < 4.78 is 10.8. The number of anilines is 1. The van der Waals surface area contributed by atoms with Crippen molar-refractivity contribution in [2.45, 2.75) is 26.6 Å². The average Bonchev–Trinajstić information content (AvgIpc) is 2.40. The molecule has 0 amide bonds. The normalized spacial score (nSPS) is 10.8. The number of nitro benzene ring substituents is 1. The van der Waals surface area contributed by atoms with Crippen molar-refractivity contribution < 1.29 is 14.4 Å². The van der Waals surface area contributed by atoms with E-state index in [2.05, 4.69) is 5.32 Å². The topological polar surface area (TPSA) is 73.6 Å². The van der Waals surface area contributed by atoms with Gasteiger partial charge in [-0.15, -0.1) is 0 Å². The molecular formula is C13H19ClN2O4. The highest BCUT2D eigenvalue weighted by Gasteiger charge is 2.14. The fourth-order valence-corrected chi connectivity index (χ4v) is 1.88. The van der Waals surface area contributed by atoms with Crippen molar-refractivity contribution in [1.29, 1.82) is 0 Å². The van der Waals surface area contributed by atoms with E-state index >= 15 is 0 Å². The molecule has 1 rings (SSSR count). The standard InChI is InChI=1S/C13H19ClN2O4/c1-3-19-13(20-4-2)7-8-15-11-6-5-10(14)9-12(11)16(17)18/h5-6,9,13,15H,3-4,7-8H2,1-2H3. The molecule has 1 aromatic carbocycles. The van der Waals surface area contributed by atoms with E-state index in [0.717, 1.165) is 0 Å². The van der Waals surface area contributed by atoms with Gasteiger partial charge in [0.1, 0.15) is 5.69 Å². The molecular weight excluding hydrogens is 284 g/mol. The van der Waals surface area contributed by atoms with Crippen LogP contribution in [0.5, 0.6) is 0 Å². The van der Waals surface area contributed by atoms with Crippen molar-refractivity contribution in [3.8, 4) is 0 Å². The number of nitrogens with zero attached hydrogens (tertiary/aromatic N) is 1. The molecule has 0 aliphatic heterocycles. The first-order chi connectivity index (χ1) is 9.58. The molecule has 0 spiro atoms. The number of rotatable bonds is 9. The summed E-state index contributed by atoms with van der Waals surface area (Å²) in [6, 6.07) is 4.53. The summed E-state index contributed by atoms with van der Waals surface area (Å²) in [7, 11) is 0. The summed E-state index contributed by atoms with van der Waals surface area (Å²) >= 11 is 5.76. The van der Waals surface area contributed by atoms with Crippen LogP contribution in [0.15, 0.2) is 18.2 Å². The SMILES string of the molecule is CCOC(CCNc1ccc(Cl)cc1[N+](=O)[O-])OCC. The molecule has 1 N–H and O–H groups in total. The van der Waals surface area contributed by atoms with Crippen molar-refractivity contribution in [2.24, 2.45) is 0 Å². The number of halogens is 1. The molecule has 20 heavy (non-hydrogen) atoms. The Bertz CT molecular complexity index is 436. The van der Waals surface area contributed by atoms with Crippen LogP contribution in [0.1, 0.15) is 20.3 Å². The van der Waals surface area contributed by atoms with Crippen molar-refractivity contribution in [3.05, 3.63) is 33.3 Å². The number of nitrogens with one attached hydrogen (secondary N) is 1. The number of benzene rings is 1. The van der Waals surface area contributed by atoms with Crippen molar-refractivity contribution in [3.63, 3.8) is 0 Å². The Kier molecular flexibility index (Phi) is 7.28. The molecule has 0 saturated carbocycles. The Morgan fingerprint density at radius 1 is 1.35 bits per heavy atom. The largest absolute Gasteiger partial charge is 0.379 e. The van der Waals surface area contributed by atoms with Gasteiger partial charge in [-0.1, -0.05) is 11.6 Å².